The fourth-order valence-electron chi connectivity index (χ4n) is 3.30. The molecule has 4 nitrogen and oxygen atoms in total. The second kappa shape index (κ2) is 10.6. The van der Waals surface area contributed by atoms with Gasteiger partial charge in [-0.2, -0.15) is 0 Å². The molecule has 0 aliphatic carbocycles. The van der Waals surface area contributed by atoms with Crippen molar-refractivity contribution in [1.82, 2.24) is 4.90 Å². The smallest absolute Gasteiger partial charge is 0.256 e. The van der Waals surface area contributed by atoms with Gasteiger partial charge in [-0.05, 0) is 37.0 Å². The number of carbonyl (C=O) groups excluding carboxylic acids is 2. The van der Waals surface area contributed by atoms with Gasteiger partial charge in [-0.3, -0.25) is 9.59 Å². The Morgan fingerprint density at radius 3 is 2.43 bits per heavy atom. The van der Waals surface area contributed by atoms with Gasteiger partial charge in [0.2, 0.25) is 0 Å². The fraction of sp³-hybridized carbons (Fsp3) is 0.200. The van der Waals surface area contributed by atoms with Gasteiger partial charge in [-0.1, -0.05) is 67.8 Å². The maximum Gasteiger partial charge on any atom is 0.256 e. The summed E-state index contributed by atoms with van der Waals surface area (Å²) in [6.07, 6.45) is 11.5. The van der Waals surface area contributed by atoms with Gasteiger partial charge in [0, 0.05) is 23.5 Å². The van der Waals surface area contributed by atoms with E-state index in [0.29, 0.717) is 16.1 Å². The predicted molar refractivity (Wildman–Crippen MR) is 126 cm³/mol. The first kappa shape index (κ1) is 21.5. The van der Waals surface area contributed by atoms with E-state index in [1.807, 2.05) is 41.3 Å². The topological polar surface area (TPSA) is 49.4 Å². The summed E-state index contributed by atoms with van der Waals surface area (Å²) in [5, 5.41) is 3.50. The summed E-state index contributed by atoms with van der Waals surface area (Å²) in [7, 11) is 0. The van der Waals surface area contributed by atoms with E-state index in [4.69, 9.17) is 0 Å². The zero-order chi connectivity index (χ0) is 21.3. The normalized spacial score (nSPS) is 14.5. The maximum atomic E-state index is 13.2. The standard InChI is InChI=1S/C25H26N2O2S/c1-3-5-8-13-19(4-2)23(28)26-24-21(25(29)27-16-11-7-12-17-27)18-22(30-24)20-14-9-6-10-15-20/h3-6,8-10,13-15,18H,1-2,7,11-12,16-17H2,(H,26,28)/b8-5-,19-13+. The second-order valence-electron chi connectivity index (χ2n) is 6.97. The lowest BCUT2D eigenvalue weighted by Crippen LogP contribution is -2.35. The summed E-state index contributed by atoms with van der Waals surface area (Å²) in [4.78, 5) is 28.9. The quantitative estimate of drug-likeness (QED) is 0.454. The molecule has 154 valence electrons. The number of nitrogens with one attached hydrogen (secondary N) is 1. The predicted octanol–water partition coefficient (Wildman–Crippen LogP) is 5.83. The summed E-state index contributed by atoms with van der Waals surface area (Å²) in [6, 6.07) is 11.8. The summed E-state index contributed by atoms with van der Waals surface area (Å²) < 4.78 is 0. The summed E-state index contributed by atoms with van der Waals surface area (Å²) in [6.45, 7) is 8.86. The molecule has 1 aromatic carbocycles. The third-order valence-electron chi connectivity index (χ3n) is 4.90. The fourth-order valence-corrected chi connectivity index (χ4v) is 4.35. The highest BCUT2D eigenvalue weighted by Crippen LogP contribution is 2.36. The molecule has 1 N–H and O–H groups in total. The van der Waals surface area contributed by atoms with E-state index < -0.39 is 0 Å². The lowest BCUT2D eigenvalue weighted by Gasteiger charge is -2.26. The van der Waals surface area contributed by atoms with E-state index in [2.05, 4.69) is 18.5 Å². The van der Waals surface area contributed by atoms with Crippen molar-refractivity contribution in [2.75, 3.05) is 18.4 Å². The van der Waals surface area contributed by atoms with Crippen molar-refractivity contribution < 1.29 is 9.59 Å². The molecule has 30 heavy (non-hydrogen) atoms. The van der Waals surface area contributed by atoms with Gasteiger partial charge in [0.1, 0.15) is 5.00 Å². The molecule has 2 aromatic rings. The van der Waals surface area contributed by atoms with Crippen molar-refractivity contribution in [3.8, 4) is 10.4 Å². The molecule has 1 aliphatic heterocycles. The molecule has 0 radical (unpaired) electrons. The Hall–Kier alpha value is -3.18. The molecule has 0 spiro atoms. The lowest BCUT2D eigenvalue weighted by molar-refractivity contribution is -0.112. The number of carbonyl (C=O) groups is 2. The summed E-state index contributed by atoms with van der Waals surface area (Å²) >= 11 is 1.41. The summed E-state index contributed by atoms with van der Waals surface area (Å²) in [5.41, 5.74) is 1.97. The molecule has 5 heteroatoms. The second-order valence-corrected chi connectivity index (χ2v) is 8.03. The first-order valence-corrected chi connectivity index (χ1v) is 10.9. The largest absolute Gasteiger partial charge is 0.339 e. The van der Waals surface area contributed by atoms with Crippen LogP contribution in [0.25, 0.3) is 10.4 Å². The van der Waals surface area contributed by atoms with Crippen LogP contribution in [0.15, 0.2) is 85.5 Å². The highest BCUT2D eigenvalue weighted by molar-refractivity contribution is 7.20. The number of benzene rings is 1. The molecule has 0 saturated carbocycles. The number of rotatable bonds is 7. The molecule has 3 rings (SSSR count). The molecule has 1 saturated heterocycles. The Labute approximate surface area is 181 Å². The number of hydrogen-bond donors (Lipinski definition) is 1. The van der Waals surface area contributed by atoms with Crippen LogP contribution in [0.4, 0.5) is 5.00 Å². The van der Waals surface area contributed by atoms with Crippen LogP contribution in [0.5, 0.6) is 0 Å². The minimum absolute atomic E-state index is 0.0286. The number of anilines is 1. The molecule has 1 aliphatic rings. The van der Waals surface area contributed by atoms with Crippen LogP contribution in [0.3, 0.4) is 0 Å². The van der Waals surface area contributed by atoms with Crippen molar-refractivity contribution in [1.29, 1.82) is 0 Å². The number of hydrogen-bond acceptors (Lipinski definition) is 3. The molecule has 2 amide bonds. The number of likely N-dealkylation sites (tertiary alicyclic amines) is 1. The van der Waals surface area contributed by atoms with Gasteiger partial charge in [-0.25, -0.2) is 0 Å². The van der Waals surface area contributed by atoms with Crippen LogP contribution in [0, 0.1) is 0 Å². The van der Waals surface area contributed by atoms with Gasteiger partial charge in [0.15, 0.2) is 0 Å². The number of nitrogens with zero attached hydrogens (tertiary/aromatic N) is 1. The van der Waals surface area contributed by atoms with E-state index in [-0.39, 0.29) is 11.8 Å². The SMILES string of the molecule is C=C/C=C\C=C(/C=C)C(=O)Nc1sc(-c2ccccc2)cc1C(=O)N1CCCCC1. The first-order chi connectivity index (χ1) is 14.6. The van der Waals surface area contributed by atoms with Crippen LogP contribution in [0.1, 0.15) is 29.6 Å². The Balaban J connectivity index is 1.93. The number of thiophene rings is 1. The molecular weight excluding hydrogens is 392 g/mol. The van der Waals surface area contributed by atoms with Crippen LogP contribution in [0.2, 0.25) is 0 Å². The van der Waals surface area contributed by atoms with Crippen LogP contribution < -0.4 is 5.32 Å². The Kier molecular flexibility index (Phi) is 7.57. The van der Waals surface area contributed by atoms with E-state index in [0.717, 1.165) is 42.8 Å². The van der Waals surface area contributed by atoms with E-state index >= 15 is 0 Å². The van der Waals surface area contributed by atoms with E-state index in [1.54, 1.807) is 24.3 Å². The zero-order valence-corrected chi connectivity index (χ0v) is 17.8. The average molecular weight is 419 g/mol. The van der Waals surface area contributed by atoms with Gasteiger partial charge in [0.25, 0.3) is 11.8 Å². The van der Waals surface area contributed by atoms with Crippen molar-refractivity contribution in [2.45, 2.75) is 19.3 Å². The Morgan fingerprint density at radius 2 is 1.77 bits per heavy atom. The highest BCUT2D eigenvalue weighted by atomic mass is 32.1. The summed E-state index contributed by atoms with van der Waals surface area (Å²) in [5.74, 6) is -0.327. The van der Waals surface area contributed by atoms with Crippen molar-refractivity contribution >= 4 is 28.2 Å². The number of amides is 2. The third-order valence-corrected chi connectivity index (χ3v) is 6.00. The average Bonchev–Trinajstić information content (AvgIpc) is 3.21. The van der Waals surface area contributed by atoms with Gasteiger partial charge >= 0.3 is 0 Å². The van der Waals surface area contributed by atoms with E-state index in [9.17, 15) is 9.59 Å². The molecule has 0 atom stereocenters. The van der Waals surface area contributed by atoms with E-state index in [1.165, 1.54) is 17.4 Å². The number of allylic oxidation sites excluding steroid dienone is 4. The van der Waals surface area contributed by atoms with Gasteiger partial charge in [0.05, 0.1) is 5.56 Å². The first-order valence-electron chi connectivity index (χ1n) is 10.1. The van der Waals surface area contributed by atoms with Gasteiger partial charge < -0.3 is 10.2 Å². The maximum absolute atomic E-state index is 13.2. The zero-order valence-electron chi connectivity index (χ0n) is 17.0. The highest BCUT2D eigenvalue weighted by Gasteiger charge is 2.24. The molecule has 0 bridgehead atoms. The molecule has 2 heterocycles. The number of piperidine rings is 1. The van der Waals surface area contributed by atoms with Crippen LogP contribution in [-0.2, 0) is 4.79 Å². The van der Waals surface area contributed by atoms with Gasteiger partial charge in [-0.15, -0.1) is 11.3 Å². The van der Waals surface area contributed by atoms with Crippen LogP contribution >= 0.6 is 11.3 Å². The van der Waals surface area contributed by atoms with Crippen LogP contribution in [-0.4, -0.2) is 29.8 Å². The molecule has 1 aromatic heterocycles. The third kappa shape index (κ3) is 5.24. The molecule has 0 unspecified atom stereocenters. The van der Waals surface area contributed by atoms with Crippen molar-refractivity contribution in [2.24, 2.45) is 0 Å². The molecule has 1 fully saturated rings. The lowest BCUT2D eigenvalue weighted by atomic mass is 10.1. The molecular formula is C25H26N2O2S. The monoisotopic (exact) mass is 418 g/mol. The Morgan fingerprint density at radius 1 is 1.03 bits per heavy atom. The minimum atomic E-state index is -0.298. The van der Waals surface area contributed by atoms with Crippen molar-refractivity contribution in [3.05, 3.63) is 91.1 Å². The Bertz CT molecular complexity index is 980. The van der Waals surface area contributed by atoms with Crippen molar-refractivity contribution in [3.63, 3.8) is 0 Å². The minimum Gasteiger partial charge on any atom is -0.339 e.